The van der Waals surface area contributed by atoms with Crippen molar-refractivity contribution >= 4 is 33.6 Å². The standard InChI is InChI=1S/C13H9N.C3H7NS/c1-3-7-12-10(5-1)9-11-6-2-4-8-13(11)14-12;1-2-5-3-4-1/h1-9H;4H,1-3H2. The molecule has 2 nitrogen and oxygen atoms in total. The fourth-order valence-corrected chi connectivity index (χ4v) is 2.80. The van der Waals surface area contributed by atoms with Crippen LogP contribution in [0.1, 0.15) is 0 Å². The highest BCUT2D eigenvalue weighted by Crippen LogP contribution is 2.18. The molecule has 1 fully saturated rings. The number of hydrogen-bond donors (Lipinski definition) is 1. The molecule has 0 unspecified atom stereocenters. The van der Waals surface area contributed by atoms with Gasteiger partial charge in [-0.2, -0.15) is 0 Å². The van der Waals surface area contributed by atoms with Crippen LogP contribution in [-0.4, -0.2) is 23.2 Å². The first-order valence-electron chi connectivity index (χ1n) is 6.46. The van der Waals surface area contributed by atoms with Crippen LogP contribution in [-0.2, 0) is 0 Å². The van der Waals surface area contributed by atoms with Crippen molar-refractivity contribution in [2.24, 2.45) is 0 Å². The average Bonchev–Trinajstić information content (AvgIpc) is 3.04. The van der Waals surface area contributed by atoms with Crippen molar-refractivity contribution in [2.75, 3.05) is 18.2 Å². The molecule has 3 heteroatoms. The van der Waals surface area contributed by atoms with Gasteiger partial charge in [0, 0.05) is 28.9 Å². The van der Waals surface area contributed by atoms with Gasteiger partial charge in [0.15, 0.2) is 0 Å². The zero-order valence-corrected chi connectivity index (χ0v) is 11.5. The average molecular weight is 268 g/mol. The number of para-hydroxylation sites is 2. The van der Waals surface area contributed by atoms with Gasteiger partial charge in [0.2, 0.25) is 0 Å². The number of thioether (sulfide) groups is 1. The third-order valence-electron chi connectivity index (χ3n) is 3.05. The second-order valence-electron chi connectivity index (χ2n) is 4.43. The largest absolute Gasteiger partial charge is 0.307 e. The van der Waals surface area contributed by atoms with Crippen molar-refractivity contribution in [1.29, 1.82) is 0 Å². The number of rotatable bonds is 0. The van der Waals surface area contributed by atoms with E-state index in [0.29, 0.717) is 0 Å². The molecule has 2 aromatic carbocycles. The predicted octanol–water partition coefficient (Wildman–Crippen LogP) is 3.67. The molecule has 1 saturated heterocycles. The molecule has 0 atom stereocenters. The van der Waals surface area contributed by atoms with E-state index in [-0.39, 0.29) is 0 Å². The van der Waals surface area contributed by atoms with Gasteiger partial charge in [0.1, 0.15) is 0 Å². The van der Waals surface area contributed by atoms with Crippen molar-refractivity contribution < 1.29 is 0 Å². The Morgan fingerprint density at radius 1 is 0.895 bits per heavy atom. The summed E-state index contributed by atoms with van der Waals surface area (Å²) in [5.74, 6) is 2.47. The first-order chi connectivity index (χ1) is 9.43. The second kappa shape index (κ2) is 6.04. The maximum atomic E-state index is 4.58. The van der Waals surface area contributed by atoms with Gasteiger partial charge in [-0.3, -0.25) is 0 Å². The molecule has 1 aromatic heterocycles. The summed E-state index contributed by atoms with van der Waals surface area (Å²) < 4.78 is 0. The van der Waals surface area contributed by atoms with Crippen molar-refractivity contribution in [3.63, 3.8) is 0 Å². The maximum Gasteiger partial charge on any atom is 0.0709 e. The minimum Gasteiger partial charge on any atom is -0.307 e. The van der Waals surface area contributed by atoms with Crippen molar-refractivity contribution in [3.8, 4) is 0 Å². The van der Waals surface area contributed by atoms with E-state index in [1.54, 1.807) is 0 Å². The summed E-state index contributed by atoms with van der Waals surface area (Å²) >= 11 is 1.96. The van der Waals surface area contributed by atoms with E-state index in [2.05, 4.69) is 28.5 Å². The quantitative estimate of drug-likeness (QED) is 0.630. The van der Waals surface area contributed by atoms with E-state index in [1.165, 1.54) is 28.9 Å². The number of nitrogens with zero attached hydrogens (tertiary/aromatic N) is 1. The highest BCUT2D eigenvalue weighted by Gasteiger charge is 1.96. The Bertz CT molecular complexity index is 565. The Balaban J connectivity index is 0.000000187. The molecule has 1 aliphatic rings. The number of aromatic nitrogens is 1. The van der Waals surface area contributed by atoms with Crippen LogP contribution in [0, 0.1) is 0 Å². The van der Waals surface area contributed by atoms with Gasteiger partial charge < -0.3 is 5.32 Å². The van der Waals surface area contributed by atoms with Crippen molar-refractivity contribution in [1.82, 2.24) is 10.3 Å². The van der Waals surface area contributed by atoms with Crippen LogP contribution in [0.5, 0.6) is 0 Å². The third-order valence-corrected chi connectivity index (χ3v) is 3.95. The Morgan fingerprint density at radius 3 is 2.00 bits per heavy atom. The second-order valence-corrected chi connectivity index (χ2v) is 5.53. The van der Waals surface area contributed by atoms with Crippen LogP contribution in [0.25, 0.3) is 21.8 Å². The van der Waals surface area contributed by atoms with E-state index < -0.39 is 0 Å². The van der Waals surface area contributed by atoms with E-state index in [4.69, 9.17) is 0 Å². The lowest BCUT2D eigenvalue weighted by Gasteiger charge is -1.99. The molecule has 0 bridgehead atoms. The van der Waals surface area contributed by atoms with Crippen LogP contribution in [0.3, 0.4) is 0 Å². The van der Waals surface area contributed by atoms with Crippen LogP contribution < -0.4 is 5.32 Å². The van der Waals surface area contributed by atoms with Gasteiger partial charge in [0.05, 0.1) is 11.0 Å². The van der Waals surface area contributed by atoms with Crippen LogP contribution in [0.2, 0.25) is 0 Å². The minimum atomic E-state index is 1.06. The fraction of sp³-hybridized carbons (Fsp3) is 0.188. The molecule has 19 heavy (non-hydrogen) atoms. The van der Waals surface area contributed by atoms with Crippen molar-refractivity contribution in [3.05, 3.63) is 54.6 Å². The van der Waals surface area contributed by atoms with Crippen LogP contribution >= 0.6 is 11.8 Å². The molecule has 0 radical (unpaired) electrons. The highest BCUT2D eigenvalue weighted by molar-refractivity contribution is 7.99. The van der Waals surface area contributed by atoms with Crippen molar-refractivity contribution in [2.45, 2.75) is 0 Å². The molecule has 0 amide bonds. The number of nitrogens with one attached hydrogen (secondary N) is 1. The molecular weight excluding hydrogens is 252 g/mol. The molecule has 0 aliphatic carbocycles. The molecule has 4 rings (SSSR count). The first kappa shape index (κ1) is 12.5. The van der Waals surface area contributed by atoms with Gasteiger partial charge in [-0.15, -0.1) is 11.8 Å². The summed E-state index contributed by atoms with van der Waals surface area (Å²) in [6, 6.07) is 18.6. The monoisotopic (exact) mass is 268 g/mol. The van der Waals surface area contributed by atoms with Gasteiger partial charge in [0.25, 0.3) is 0 Å². The summed E-state index contributed by atoms with van der Waals surface area (Å²) in [4.78, 5) is 4.58. The summed E-state index contributed by atoms with van der Waals surface area (Å²) in [5.41, 5.74) is 2.12. The molecule has 3 aromatic rings. The topological polar surface area (TPSA) is 24.9 Å². The third kappa shape index (κ3) is 3.06. The van der Waals surface area contributed by atoms with Gasteiger partial charge in [-0.25, -0.2) is 4.98 Å². The van der Waals surface area contributed by atoms with Gasteiger partial charge >= 0.3 is 0 Å². The van der Waals surface area contributed by atoms with E-state index in [9.17, 15) is 0 Å². The Kier molecular flexibility index (Phi) is 3.96. The molecular formula is C16H16N2S. The molecule has 1 aliphatic heterocycles. The van der Waals surface area contributed by atoms with E-state index >= 15 is 0 Å². The van der Waals surface area contributed by atoms with Gasteiger partial charge in [-0.05, 0) is 18.2 Å². The zero-order valence-electron chi connectivity index (χ0n) is 10.7. The molecule has 0 saturated carbocycles. The minimum absolute atomic E-state index is 1.06. The fourth-order valence-electron chi connectivity index (χ4n) is 2.08. The summed E-state index contributed by atoms with van der Waals surface area (Å²) in [7, 11) is 0. The summed E-state index contributed by atoms with van der Waals surface area (Å²) in [5, 5.41) is 5.59. The Labute approximate surface area is 117 Å². The molecule has 0 spiro atoms. The first-order valence-corrected chi connectivity index (χ1v) is 7.62. The van der Waals surface area contributed by atoms with E-state index in [0.717, 1.165) is 11.0 Å². The lowest BCUT2D eigenvalue weighted by molar-refractivity contribution is 0.885. The maximum absolute atomic E-state index is 4.58. The normalized spacial score (nSPS) is 14.3. The van der Waals surface area contributed by atoms with E-state index in [1.807, 2.05) is 48.2 Å². The highest BCUT2D eigenvalue weighted by atomic mass is 32.2. The predicted molar refractivity (Wildman–Crippen MR) is 84.6 cm³/mol. The number of hydrogen-bond acceptors (Lipinski definition) is 3. The lowest BCUT2D eigenvalue weighted by Crippen LogP contribution is -2.04. The Morgan fingerprint density at radius 2 is 1.53 bits per heavy atom. The van der Waals surface area contributed by atoms with Crippen LogP contribution in [0.15, 0.2) is 54.6 Å². The summed E-state index contributed by atoms with van der Waals surface area (Å²) in [6.45, 7) is 1.21. The smallest absolute Gasteiger partial charge is 0.0709 e. The number of pyridine rings is 1. The van der Waals surface area contributed by atoms with Gasteiger partial charge in [-0.1, -0.05) is 36.4 Å². The molecule has 2 heterocycles. The molecule has 1 N–H and O–H groups in total. The van der Waals surface area contributed by atoms with Crippen LogP contribution in [0.4, 0.5) is 0 Å². The lowest BCUT2D eigenvalue weighted by atomic mass is 10.1. The SMILES string of the molecule is C1CSCN1.c1ccc2nc3ccccc3cc2c1. The number of fused-ring (bicyclic) bond motifs is 2. The summed E-state index contributed by atoms with van der Waals surface area (Å²) in [6.07, 6.45) is 0. The molecule has 96 valence electrons. The number of benzene rings is 2. The zero-order chi connectivity index (χ0) is 12.9. The Hall–Kier alpha value is -1.58.